The molecule has 9 nitrogen and oxygen atoms in total. The van der Waals surface area contributed by atoms with E-state index in [0.29, 0.717) is 11.8 Å². The van der Waals surface area contributed by atoms with Crippen LogP contribution in [0.5, 0.6) is 0 Å². The third-order valence-corrected chi connectivity index (χ3v) is 6.50. The van der Waals surface area contributed by atoms with Gasteiger partial charge in [0.1, 0.15) is 5.82 Å². The Morgan fingerprint density at radius 1 is 1.11 bits per heavy atom. The zero-order chi connectivity index (χ0) is 26.5. The minimum absolute atomic E-state index is 0.299. The number of aliphatic hydroxyl groups excluding tert-OH is 1. The molecule has 2 aromatic heterocycles. The lowest BCUT2D eigenvalue weighted by atomic mass is 10.0. The molecule has 1 aliphatic heterocycles. The number of carbonyl (C=O) groups excluding carboxylic acids is 1. The molecule has 0 radical (unpaired) electrons. The maximum atomic E-state index is 11.7. The van der Waals surface area contributed by atoms with Gasteiger partial charge < -0.3 is 20.6 Å². The van der Waals surface area contributed by atoms with Gasteiger partial charge in [-0.2, -0.15) is 0 Å². The van der Waals surface area contributed by atoms with Gasteiger partial charge in [0.2, 0.25) is 11.9 Å². The highest BCUT2D eigenvalue weighted by atomic mass is 16.3. The number of hydrogen-bond acceptors (Lipinski definition) is 8. The average Bonchev–Trinajstić information content (AvgIpc) is 2.93. The topological polar surface area (TPSA) is 107 Å². The summed E-state index contributed by atoms with van der Waals surface area (Å²) >= 11 is 0. The van der Waals surface area contributed by atoms with Crippen LogP contribution < -0.4 is 15.5 Å². The van der Waals surface area contributed by atoms with Crippen LogP contribution in [0.1, 0.15) is 6.92 Å². The molecule has 3 N–H and O–H groups in total. The van der Waals surface area contributed by atoms with E-state index in [2.05, 4.69) is 49.1 Å². The third-order valence-electron chi connectivity index (χ3n) is 6.50. The quantitative estimate of drug-likeness (QED) is 0.305. The van der Waals surface area contributed by atoms with Gasteiger partial charge in [0.05, 0.1) is 11.6 Å². The number of para-hydroxylation sites is 1. The Labute approximate surface area is 221 Å². The van der Waals surface area contributed by atoms with Gasteiger partial charge in [-0.3, -0.25) is 9.69 Å². The number of fused-ring (bicyclic) bond motifs is 1. The number of carbonyl (C=O) groups is 1. The molecule has 1 fully saturated rings. The number of pyridine rings is 1. The summed E-state index contributed by atoms with van der Waals surface area (Å²) in [7, 11) is 0. The van der Waals surface area contributed by atoms with Crippen molar-refractivity contribution >= 4 is 40.0 Å². The number of piperazine rings is 1. The summed E-state index contributed by atoms with van der Waals surface area (Å²) in [6.07, 6.45) is 4.37. The number of benzene rings is 2. The van der Waals surface area contributed by atoms with E-state index in [4.69, 9.17) is 4.98 Å². The summed E-state index contributed by atoms with van der Waals surface area (Å²) in [6, 6.07) is 17.9. The fraction of sp³-hybridized carbons (Fsp3) is 0.241. The number of rotatable bonds is 8. The first-order chi connectivity index (χ1) is 18.5. The van der Waals surface area contributed by atoms with E-state index in [0.717, 1.165) is 60.4 Å². The molecule has 0 spiro atoms. The number of hydrogen-bond donors (Lipinski definition) is 3. The largest absolute Gasteiger partial charge is 0.392 e. The maximum absolute atomic E-state index is 11.7. The molecule has 4 aromatic rings. The number of β-amino-alcohol motifs (C(OH)–C–C–N with tert-alkyl or cyclic N) is 1. The van der Waals surface area contributed by atoms with Crippen LogP contribution in [0.2, 0.25) is 0 Å². The summed E-state index contributed by atoms with van der Waals surface area (Å²) in [5.41, 5.74) is 4.66. The first-order valence-electron chi connectivity index (χ1n) is 12.7. The molecule has 1 amide bonds. The smallest absolute Gasteiger partial charge is 0.248 e. The van der Waals surface area contributed by atoms with Crippen LogP contribution in [0.25, 0.3) is 22.0 Å². The molecule has 1 atom stereocenters. The van der Waals surface area contributed by atoms with Crippen molar-refractivity contribution in [2.75, 3.05) is 48.3 Å². The van der Waals surface area contributed by atoms with Gasteiger partial charge in [0.25, 0.3) is 0 Å². The van der Waals surface area contributed by atoms with E-state index in [1.807, 2.05) is 49.4 Å². The van der Waals surface area contributed by atoms with Crippen molar-refractivity contribution in [3.05, 3.63) is 79.6 Å². The zero-order valence-electron chi connectivity index (χ0n) is 21.3. The Bertz CT molecular complexity index is 1430. The SMILES string of the molecule is C=CC(=O)Nc1cc(-c2cccc3cnc(Nc4ccc(N5CCN(CC(C)O)CC5)cc4)nc23)ccn1. The van der Waals surface area contributed by atoms with Crippen molar-refractivity contribution in [1.82, 2.24) is 19.9 Å². The lowest BCUT2D eigenvalue weighted by molar-refractivity contribution is -0.111. The number of nitrogens with zero attached hydrogens (tertiary/aromatic N) is 5. The molecule has 194 valence electrons. The lowest BCUT2D eigenvalue weighted by Crippen LogP contribution is -2.48. The first-order valence-corrected chi connectivity index (χ1v) is 12.7. The number of anilines is 4. The van der Waals surface area contributed by atoms with Crippen LogP contribution in [-0.2, 0) is 4.79 Å². The van der Waals surface area contributed by atoms with Crippen molar-refractivity contribution in [3.8, 4) is 11.1 Å². The second-order valence-electron chi connectivity index (χ2n) is 9.37. The predicted molar refractivity (Wildman–Crippen MR) is 152 cm³/mol. The molecule has 1 saturated heterocycles. The molecule has 3 heterocycles. The van der Waals surface area contributed by atoms with Gasteiger partial charge in [0.15, 0.2) is 0 Å². The number of nitrogens with one attached hydrogen (secondary N) is 2. The molecule has 0 aliphatic carbocycles. The van der Waals surface area contributed by atoms with E-state index >= 15 is 0 Å². The van der Waals surface area contributed by atoms with Crippen LogP contribution >= 0.6 is 0 Å². The van der Waals surface area contributed by atoms with E-state index < -0.39 is 0 Å². The van der Waals surface area contributed by atoms with Gasteiger partial charge in [0, 0.05) is 67.4 Å². The molecule has 5 rings (SSSR count). The minimum Gasteiger partial charge on any atom is -0.392 e. The Kier molecular flexibility index (Phi) is 7.57. The Balaban J connectivity index is 1.32. The van der Waals surface area contributed by atoms with E-state index in [-0.39, 0.29) is 12.0 Å². The molecule has 0 saturated carbocycles. The van der Waals surface area contributed by atoms with E-state index in [1.165, 1.54) is 11.8 Å². The molecule has 9 heteroatoms. The Morgan fingerprint density at radius 3 is 2.63 bits per heavy atom. The Hall–Kier alpha value is -4.34. The number of amides is 1. The van der Waals surface area contributed by atoms with Gasteiger partial charge in [-0.1, -0.05) is 24.8 Å². The second kappa shape index (κ2) is 11.4. The van der Waals surface area contributed by atoms with E-state index in [9.17, 15) is 9.90 Å². The van der Waals surface area contributed by atoms with Crippen molar-refractivity contribution in [2.45, 2.75) is 13.0 Å². The number of aliphatic hydroxyl groups is 1. The highest BCUT2D eigenvalue weighted by molar-refractivity contribution is 5.99. The summed E-state index contributed by atoms with van der Waals surface area (Å²) in [5.74, 6) is 0.630. The lowest BCUT2D eigenvalue weighted by Gasteiger charge is -2.36. The van der Waals surface area contributed by atoms with Gasteiger partial charge >= 0.3 is 0 Å². The van der Waals surface area contributed by atoms with Crippen molar-refractivity contribution < 1.29 is 9.90 Å². The maximum Gasteiger partial charge on any atom is 0.248 e. The highest BCUT2D eigenvalue weighted by Crippen LogP contribution is 2.29. The number of aromatic nitrogens is 3. The summed E-state index contributed by atoms with van der Waals surface area (Å²) in [4.78, 5) is 29.9. The molecule has 0 bridgehead atoms. The van der Waals surface area contributed by atoms with Gasteiger partial charge in [-0.05, 0) is 55.0 Å². The summed E-state index contributed by atoms with van der Waals surface area (Å²) in [6.45, 7) is 9.79. The van der Waals surface area contributed by atoms with Gasteiger partial charge in [-0.15, -0.1) is 0 Å². The molecule has 2 aromatic carbocycles. The molecular weight excluding hydrogens is 478 g/mol. The van der Waals surface area contributed by atoms with Gasteiger partial charge in [-0.25, -0.2) is 15.0 Å². The van der Waals surface area contributed by atoms with Crippen molar-refractivity contribution in [2.24, 2.45) is 0 Å². The standard InChI is InChI=1S/C29H31N7O2/c1-3-27(38)33-26-17-21(11-12-30-26)25-6-4-5-22-18-31-29(34-28(22)25)32-23-7-9-24(10-8-23)36-15-13-35(14-16-36)19-20(2)37/h3-12,17-18,20,37H,1,13-16,19H2,2H3,(H,30,33,38)(H,31,32,34). The van der Waals surface area contributed by atoms with Crippen LogP contribution in [0.15, 0.2) is 79.6 Å². The Morgan fingerprint density at radius 2 is 1.89 bits per heavy atom. The van der Waals surface area contributed by atoms with Crippen LogP contribution in [0.3, 0.4) is 0 Å². The molecule has 38 heavy (non-hydrogen) atoms. The monoisotopic (exact) mass is 509 g/mol. The summed E-state index contributed by atoms with van der Waals surface area (Å²) < 4.78 is 0. The molecule has 1 unspecified atom stereocenters. The first kappa shape index (κ1) is 25.3. The van der Waals surface area contributed by atoms with Crippen molar-refractivity contribution in [1.29, 1.82) is 0 Å². The van der Waals surface area contributed by atoms with Crippen LogP contribution in [-0.4, -0.2) is 69.7 Å². The van der Waals surface area contributed by atoms with Crippen molar-refractivity contribution in [3.63, 3.8) is 0 Å². The average molecular weight is 510 g/mol. The van der Waals surface area contributed by atoms with E-state index in [1.54, 1.807) is 12.4 Å². The molecule has 1 aliphatic rings. The second-order valence-corrected chi connectivity index (χ2v) is 9.37. The van der Waals surface area contributed by atoms with Crippen LogP contribution in [0, 0.1) is 0 Å². The van der Waals surface area contributed by atoms with Crippen LogP contribution in [0.4, 0.5) is 23.1 Å². The highest BCUT2D eigenvalue weighted by Gasteiger charge is 2.18. The summed E-state index contributed by atoms with van der Waals surface area (Å²) in [5, 5.41) is 16.6. The molecular formula is C29H31N7O2. The fourth-order valence-electron chi connectivity index (χ4n) is 4.64. The zero-order valence-corrected chi connectivity index (χ0v) is 21.3. The fourth-order valence-corrected chi connectivity index (χ4v) is 4.64. The minimum atomic E-state index is -0.314. The predicted octanol–water partition coefficient (Wildman–Crippen LogP) is 4.06. The normalized spacial score (nSPS) is 14.7. The third kappa shape index (κ3) is 5.96.